The number of ether oxygens (including phenoxy) is 2. The Hall–Kier alpha value is -3.75. The third-order valence-corrected chi connectivity index (χ3v) is 6.91. The van der Waals surface area contributed by atoms with Crippen molar-refractivity contribution in [1.82, 2.24) is 4.90 Å². The van der Waals surface area contributed by atoms with Crippen molar-refractivity contribution >= 4 is 52.2 Å². The van der Waals surface area contributed by atoms with Crippen molar-refractivity contribution in [2.75, 3.05) is 19.0 Å². The number of rotatable bonds is 8. The van der Waals surface area contributed by atoms with Crippen molar-refractivity contribution in [3.63, 3.8) is 0 Å². The zero-order valence-electron chi connectivity index (χ0n) is 20.5. The Bertz CT molecular complexity index is 1410. The maximum absolute atomic E-state index is 12.9. The lowest BCUT2D eigenvalue weighted by atomic mass is 10.1. The maximum atomic E-state index is 12.9. The van der Waals surface area contributed by atoms with Gasteiger partial charge in [0.25, 0.3) is 11.1 Å². The molecule has 0 saturated carbocycles. The number of aryl methyl sites for hydroxylation is 2. The van der Waals surface area contributed by atoms with Gasteiger partial charge >= 0.3 is 0 Å². The van der Waals surface area contributed by atoms with Gasteiger partial charge in [-0.3, -0.25) is 19.3 Å². The van der Waals surface area contributed by atoms with E-state index in [1.807, 2.05) is 38.1 Å². The molecule has 0 aromatic heterocycles. The van der Waals surface area contributed by atoms with Crippen LogP contribution in [0.25, 0.3) is 6.08 Å². The first-order valence-electron chi connectivity index (χ1n) is 11.4. The second-order valence-electron chi connectivity index (χ2n) is 8.47. The standard InChI is InChI=1S/C28H25ClN2O5S/c1-17-5-4-6-20(11-17)16-36-23-10-8-19(12-24(23)35-3)13-25-27(33)31(28(34)37-25)15-26(32)30-21-9-7-18(2)22(29)14-21/h4-14H,15-16H2,1-3H3,(H,30,32)/b25-13-. The summed E-state index contributed by atoms with van der Waals surface area (Å²) in [7, 11) is 1.53. The van der Waals surface area contributed by atoms with Gasteiger partial charge in [0.1, 0.15) is 13.2 Å². The lowest BCUT2D eigenvalue weighted by Crippen LogP contribution is -2.36. The van der Waals surface area contributed by atoms with E-state index in [1.54, 1.807) is 42.5 Å². The van der Waals surface area contributed by atoms with E-state index in [2.05, 4.69) is 5.32 Å². The van der Waals surface area contributed by atoms with Gasteiger partial charge in [-0.15, -0.1) is 0 Å². The molecule has 4 rings (SSSR count). The monoisotopic (exact) mass is 536 g/mol. The number of halogens is 1. The van der Waals surface area contributed by atoms with Crippen LogP contribution in [0, 0.1) is 13.8 Å². The number of hydrogen-bond acceptors (Lipinski definition) is 6. The summed E-state index contributed by atoms with van der Waals surface area (Å²) in [6, 6.07) is 18.4. The van der Waals surface area contributed by atoms with Crippen LogP contribution in [-0.4, -0.2) is 35.6 Å². The first-order chi connectivity index (χ1) is 17.7. The summed E-state index contributed by atoms with van der Waals surface area (Å²) < 4.78 is 11.4. The van der Waals surface area contributed by atoms with Crippen LogP contribution in [0.5, 0.6) is 11.5 Å². The number of thioether (sulfide) groups is 1. The Morgan fingerprint density at radius 3 is 2.59 bits per heavy atom. The molecule has 0 spiro atoms. The number of benzene rings is 3. The van der Waals surface area contributed by atoms with E-state index in [4.69, 9.17) is 21.1 Å². The predicted molar refractivity (Wildman–Crippen MR) is 146 cm³/mol. The lowest BCUT2D eigenvalue weighted by molar-refractivity contribution is -0.127. The second-order valence-corrected chi connectivity index (χ2v) is 9.87. The summed E-state index contributed by atoms with van der Waals surface area (Å²) in [5, 5.41) is 2.65. The SMILES string of the molecule is COc1cc(/C=C2\SC(=O)N(CC(=O)Nc3ccc(C)c(Cl)c3)C2=O)ccc1OCc1cccc(C)c1. The molecule has 3 amide bonds. The van der Waals surface area contributed by atoms with Gasteiger partial charge in [0, 0.05) is 10.7 Å². The summed E-state index contributed by atoms with van der Waals surface area (Å²) >= 11 is 6.88. The van der Waals surface area contributed by atoms with Gasteiger partial charge in [-0.1, -0.05) is 53.6 Å². The molecule has 9 heteroatoms. The van der Waals surface area contributed by atoms with E-state index in [1.165, 1.54) is 7.11 Å². The van der Waals surface area contributed by atoms with E-state index >= 15 is 0 Å². The lowest BCUT2D eigenvalue weighted by Gasteiger charge is -2.13. The molecule has 1 fully saturated rings. The molecule has 0 aliphatic carbocycles. The minimum atomic E-state index is -0.536. The summed E-state index contributed by atoms with van der Waals surface area (Å²) in [6.07, 6.45) is 1.59. The molecule has 0 bridgehead atoms. The van der Waals surface area contributed by atoms with Crippen LogP contribution >= 0.6 is 23.4 Å². The summed E-state index contributed by atoms with van der Waals surface area (Å²) in [5.74, 6) is 0.0185. The van der Waals surface area contributed by atoms with Crippen LogP contribution in [-0.2, 0) is 16.2 Å². The number of anilines is 1. The van der Waals surface area contributed by atoms with E-state index < -0.39 is 23.6 Å². The Morgan fingerprint density at radius 1 is 1.05 bits per heavy atom. The zero-order valence-corrected chi connectivity index (χ0v) is 22.1. The molecule has 0 atom stereocenters. The smallest absolute Gasteiger partial charge is 0.294 e. The molecule has 1 aliphatic rings. The number of imide groups is 1. The average Bonchev–Trinajstić information content (AvgIpc) is 3.12. The third kappa shape index (κ3) is 6.53. The normalized spacial score (nSPS) is 14.3. The molecule has 3 aromatic rings. The van der Waals surface area contributed by atoms with E-state index in [0.29, 0.717) is 34.4 Å². The molecule has 3 aromatic carbocycles. The fourth-order valence-corrected chi connectivity index (χ4v) is 4.68. The van der Waals surface area contributed by atoms with Crippen LogP contribution in [0.2, 0.25) is 5.02 Å². The van der Waals surface area contributed by atoms with Gasteiger partial charge < -0.3 is 14.8 Å². The van der Waals surface area contributed by atoms with Gasteiger partial charge in [0.15, 0.2) is 11.5 Å². The van der Waals surface area contributed by atoms with Crippen molar-refractivity contribution in [2.45, 2.75) is 20.5 Å². The fourth-order valence-electron chi connectivity index (χ4n) is 3.66. The van der Waals surface area contributed by atoms with Crippen molar-refractivity contribution in [3.05, 3.63) is 92.8 Å². The van der Waals surface area contributed by atoms with Gasteiger partial charge in [-0.2, -0.15) is 0 Å². The highest BCUT2D eigenvalue weighted by Gasteiger charge is 2.36. The summed E-state index contributed by atoms with van der Waals surface area (Å²) in [4.78, 5) is 38.9. The first-order valence-corrected chi connectivity index (χ1v) is 12.6. The van der Waals surface area contributed by atoms with E-state index in [-0.39, 0.29) is 4.91 Å². The predicted octanol–water partition coefficient (Wildman–Crippen LogP) is 6.22. The first kappa shape index (κ1) is 26.3. The molecular weight excluding hydrogens is 512 g/mol. The van der Waals surface area contributed by atoms with Crippen LogP contribution < -0.4 is 14.8 Å². The molecule has 7 nitrogen and oxygen atoms in total. The third-order valence-electron chi connectivity index (χ3n) is 5.59. The van der Waals surface area contributed by atoms with Crippen LogP contribution in [0.3, 0.4) is 0 Å². The molecule has 1 heterocycles. The van der Waals surface area contributed by atoms with Crippen molar-refractivity contribution in [3.8, 4) is 11.5 Å². The van der Waals surface area contributed by atoms with Crippen LogP contribution in [0.4, 0.5) is 10.5 Å². The number of nitrogens with zero attached hydrogens (tertiary/aromatic N) is 1. The molecule has 190 valence electrons. The number of nitrogens with one attached hydrogen (secondary N) is 1. The van der Waals surface area contributed by atoms with Crippen molar-refractivity contribution < 1.29 is 23.9 Å². The number of methoxy groups -OCH3 is 1. The molecular formula is C28H25ClN2O5S. The van der Waals surface area contributed by atoms with Crippen LogP contribution in [0.1, 0.15) is 22.3 Å². The molecule has 0 radical (unpaired) electrons. The Morgan fingerprint density at radius 2 is 1.86 bits per heavy atom. The molecule has 37 heavy (non-hydrogen) atoms. The van der Waals surface area contributed by atoms with E-state index in [0.717, 1.165) is 33.4 Å². The van der Waals surface area contributed by atoms with Crippen molar-refractivity contribution in [2.24, 2.45) is 0 Å². The van der Waals surface area contributed by atoms with Crippen molar-refractivity contribution in [1.29, 1.82) is 0 Å². The molecule has 1 aliphatic heterocycles. The Kier molecular flexibility index (Phi) is 8.21. The average molecular weight is 537 g/mol. The fraction of sp³-hybridized carbons (Fsp3) is 0.179. The zero-order chi connectivity index (χ0) is 26.5. The quantitative estimate of drug-likeness (QED) is 0.344. The summed E-state index contributed by atoms with van der Waals surface area (Å²) in [6.45, 7) is 3.85. The minimum Gasteiger partial charge on any atom is -0.493 e. The number of carbonyl (C=O) groups is 3. The van der Waals surface area contributed by atoms with E-state index in [9.17, 15) is 14.4 Å². The number of carbonyl (C=O) groups excluding carboxylic acids is 3. The maximum Gasteiger partial charge on any atom is 0.294 e. The second kappa shape index (κ2) is 11.5. The van der Waals surface area contributed by atoms with Gasteiger partial charge in [0.05, 0.1) is 12.0 Å². The van der Waals surface area contributed by atoms with Crippen LogP contribution in [0.15, 0.2) is 65.6 Å². The Labute approximate surface area is 224 Å². The largest absolute Gasteiger partial charge is 0.493 e. The topological polar surface area (TPSA) is 84.9 Å². The van der Waals surface area contributed by atoms with Gasteiger partial charge in [-0.05, 0) is 72.6 Å². The molecule has 1 saturated heterocycles. The molecule has 0 unspecified atom stereocenters. The summed E-state index contributed by atoms with van der Waals surface area (Å²) in [5.41, 5.74) is 4.20. The highest BCUT2D eigenvalue weighted by Crippen LogP contribution is 2.35. The number of hydrogen-bond donors (Lipinski definition) is 1. The molecule has 1 N–H and O–H groups in total. The number of amides is 3. The highest BCUT2D eigenvalue weighted by molar-refractivity contribution is 8.18. The van der Waals surface area contributed by atoms with Gasteiger partial charge in [-0.25, -0.2) is 0 Å². The highest BCUT2D eigenvalue weighted by atomic mass is 35.5. The Balaban J connectivity index is 1.42. The van der Waals surface area contributed by atoms with Gasteiger partial charge in [0.2, 0.25) is 5.91 Å². The minimum absolute atomic E-state index is 0.215.